The molecule has 0 bridgehead atoms. The third-order valence-electron chi connectivity index (χ3n) is 3.64. The molecule has 3 rings (SSSR count). The van der Waals surface area contributed by atoms with Crippen molar-refractivity contribution in [3.8, 4) is 5.69 Å². The molecule has 1 amide bonds. The van der Waals surface area contributed by atoms with Crippen molar-refractivity contribution in [1.29, 1.82) is 0 Å². The van der Waals surface area contributed by atoms with Gasteiger partial charge in [-0.15, -0.1) is 11.3 Å². The standard InChI is InChI=1S/C17H13ClF3N3OS/c1-23(10-13-6-3-7-26-13)16(25)14-9-22-24(15(14)17(19,20)21)12-5-2-4-11(18)8-12/h2-9H,10H2,1H3. The highest BCUT2D eigenvalue weighted by Gasteiger charge is 2.41. The summed E-state index contributed by atoms with van der Waals surface area (Å²) in [6, 6.07) is 9.49. The molecule has 0 aliphatic heterocycles. The lowest BCUT2D eigenvalue weighted by Crippen LogP contribution is -2.28. The molecule has 9 heteroatoms. The first-order valence-corrected chi connectivity index (χ1v) is 8.72. The van der Waals surface area contributed by atoms with Gasteiger partial charge in [0.1, 0.15) is 0 Å². The Balaban J connectivity index is 2.01. The van der Waals surface area contributed by atoms with Crippen molar-refractivity contribution < 1.29 is 18.0 Å². The summed E-state index contributed by atoms with van der Waals surface area (Å²) >= 11 is 7.29. The number of carbonyl (C=O) groups excluding carboxylic acids is 1. The monoisotopic (exact) mass is 399 g/mol. The normalized spacial score (nSPS) is 11.6. The highest BCUT2D eigenvalue weighted by molar-refractivity contribution is 7.09. The molecule has 0 N–H and O–H groups in total. The van der Waals surface area contributed by atoms with E-state index in [1.54, 1.807) is 6.07 Å². The van der Waals surface area contributed by atoms with Crippen LogP contribution < -0.4 is 0 Å². The Labute approximate surface area is 156 Å². The van der Waals surface area contributed by atoms with E-state index in [1.165, 1.54) is 41.5 Å². The number of hydrogen-bond donors (Lipinski definition) is 0. The number of hydrogen-bond acceptors (Lipinski definition) is 3. The fourth-order valence-corrected chi connectivity index (χ4v) is 3.44. The fourth-order valence-electron chi connectivity index (χ4n) is 2.50. The minimum atomic E-state index is -4.76. The Kier molecular flexibility index (Phi) is 5.06. The number of carbonyl (C=O) groups is 1. The van der Waals surface area contributed by atoms with E-state index in [2.05, 4.69) is 5.10 Å². The second-order valence-corrected chi connectivity index (χ2v) is 7.01. The van der Waals surface area contributed by atoms with Gasteiger partial charge < -0.3 is 4.90 Å². The Morgan fingerprint density at radius 2 is 2.08 bits per heavy atom. The Hall–Kier alpha value is -2.32. The summed E-state index contributed by atoms with van der Waals surface area (Å²) in [6.07, 6.45) is -3.81. The number of rotatable bonds is 4. The molecule has 1 aromatic carbocycles. The number of nitrogens with zero attached hydrogens (tertiary/aromatic N) is 3. The molecule has 0 saturated carbocycles. The molecule has 0 spiro atoms. The molecule has 0 radical (unpaired) electrons. The van der Waals surface area contributed by atoms with Crippen LogP contribution in [0.4, 0.5) is 13.2 Å². The molecular weight excluding hydrogens is 387 g/mol. The highest BCUT2D eigenvalue weighted by Crippen LogP contribution is 2.34. The molecule has 3 aromatic rings. The van der Waals surface area contributed by atoms with E-state index in [0.29, 0.717) is 4.68 Å². The first-order chi connectivity index (χ1) is 12.3. The highest BCUT2D eigenvalue weighted by atomic mass is 35.5. The van der Waals surface area contributed by atoms with Crippen molar-refractivity contribution in [2.45, 2.75) is 12.7 Å². The molecule has 0 aliphatic carbocycles. The summed E-state index contributed by atoms with van der Waals surface area (Å²) in [5.41, 5.74) is -1.50. The van der Waals surface area contributed by atoms with Gasteiger partial charge in [0.05, 0.1) is 24.0 Å². The maximum absolute atomic E-state index is 13.7. The van der Waals surface area contributed by atoms with E-state index in [4.69, 9.17) is 11.6 Å². The predicted octanol–water partition coefficient (Wildman–Crippen LogP) is 4.88. The fraction of sp³-hybridized carbons (Fsp3) is 0.176. The predicted molar refractivity (Wildman–Crippen MR) is 93.7 cm³/mol. The van der Waals surface area contributed by atoms with Crippen molar-refractivity contribution in [2.75, 3.05) is 7.05 Å². The number of halogens is 4. The third kappa shape index (κ3) is 3.76. The van der Waals surface area contributed by atoms with Crippen LogP contribution in [0.25, 0.3) is 5.69 Å². The number of thiophene rings is 1. The van der Waals surface area contributed by atoms with Crippen LogP contribution in [0.15, 0.2) is 48.0 Å². The molecule has 2 heterocycles. The van der Waals surface area contributed by atoms with Gasteiger partial charge in [-0.1, -0.05) is 23.7 Å². The minimum Gasteiger partial charge on any atom is -0.336 e. The van der Waals surface area contributed by atoms with E-state index in [0.717, 1.165) is 11.1 Å². The van der Waals surface area contributed by atoms with E-state index in [-0.39, 0.29) is 17.3 Å². The van der Waals surface area contributed by atoms with Gasteiger partial charge in [0, 0.05) is 16.9 Å². The lowest BCUT2D eigenvalue weighted by molar-refractivity contribution is -0.143. The van der Waals surface area contributed by atoms with Gasteiger partial charge in [0.15, 0.2) is 5.69 Å². The van der Waals surface area contributed by atoms with Crippen LogP contribution in [0.3, 0.4) is 0 Å². The first-order valence-electron chi connectivity index (χ1n) is 7.46. The Bertz CT molecular complexity index is 922. The van der Waals surface area contributed by atoms with Gasteiger partial charge in [0.25, 0.3) is 5.91 Å². The zero-order valence-electron chi connectivity index (χ0n) is 13.5. The van der Waals surface area contributed by atoms with E-state index in [1.807, 2.05) is 17.5 Å². The maximum atomic E-state index is 13.7. The zero-order chi connectivity index (χ0) is 18.9. The van der Waals surface area contributed by atoms with Crippen molar-refractivity contribution in [3.63, 3.8) is 0 Å². The van der Waals surface area contributed by atoms with E-state index >= 15 is 0 Å². The van der Waals surface area contributed by atoms with Crippen LogP contribution in [0.1, 0.15) is 20.9 Å². The Morgan fingerprint density at radius 3 is 2.69 bits per heavy atom. The molecule has 4 nitrogen and oxygen atoms in total. The van der Waals surface area contributed by atoms with Crippen LogP contribution >= 0.6 is 22.9 Å². The molecule has 0 saturated heterocycles. The lowest BCUT2D eigenvalue weighted by atomic mass is 10.2. The van der Waals surface area contributed by atoms with Gasteiger partial charge in [-0.2, -0.15) is 18.3 Å². The van der Waals surface area contributed by atoms with Crippen molar-refractivity contribution in [3.05, 3.63) is 69.1 Å². The average Bonchev–Trinajstić information content (AvgIpc) is 3.22. The maximum Gasteiger partial charge on any atom is 0.434 e. The number of amides is 1. The van der Waals surface area contributed by atoms with Crippen LogP contribution in [-0.2, 0) is 12.7 Å². The SMILES string of the molecule is CN(Cc1cccs1)C(=O)c1cnn(-c2cccc(Cl)c2)c1C(F)(F)F. The number of alkyl halides is 3. The second kappa shape index (κ2) is 7.13. The van der Waals surface area contributed by atoms with E-state index in [9.17, 15) is 18.0 Å². The van der Waals surface area contributed by atoms with Gasteiger partial charge in [-0.3, -0.25) is 4.79 Å². The molecule has 26 heavy (non-hydrogen) atoms. The minimum absolute atomic E-state index is 0.129. The topological polar surface area (TPSA) is 38.1 Å². The number of aromatic nitrogens is 2. The largest absolute Gasteiger partial charge is 0.434 e. The van der Waals surface area contributed by atoms with Gasteiger partial charge in [-0.05, 0) is 29.6 Å². The summed E-state index contributed by atoms with van der Waals surface area (Å²) in [7, 11) is 1.46. The molecule has 0 aliphatic rings. The van der Waals surface area contributed by atoms with Gasteiger partial charge >= 0.3 is 6.18 Å². The first kappa shape index (κ1) is 18.5. The average molecular weight is 400 g/mol. The summed E-state index contributed by atoms with van der Waals surface area (Å²) < 4.78 is 41.7. The lowest BCUT2D eigenvalue weighted by Gasteiger charge is -2.18. The molecular formula is C17H13ClF3N3OS. The third-order valence-corrected chi connectivity index (χ3v) is 4.74. The molecule has 0 unspecified atom stereocenters. The van der Waals surface area contributed by atoms with Crippen molar-refractivity contribution in [1.82, 2.24) is 14.7 Å². The van der Waals surface area contributed by atoms with Gasteiger partial charge in [0.2, 0.25) is 0 Å². The van der Waals surface area contributed by atoms with Crippen molar-refractivity contribution in [2.24, 2.45) is 0 Å². The van der Waals surface area contributed by atoms with Gasteiger partial charge in [-0.25, -0.2) is 4.68 Å². The molecule has 2 aromatic heterocycles. The van der Waals surface area contributed by atoms with Crippen LogP contribution in [-0.4, -0.2) is 27.6 Å². The summed E-state index contributed by atoms with van der Waals surface area (Å²) in [5.74, 6) is -0.751. The second-order valence-electron chi connectivity index (χ2n) is 5.54. The smallest absolute Gasteiger partial charge is 0.336 e. The van der Waals surface area contributed by atoms with Crippen LogP contribution in [0.5, 0.6) is 0 Å². The molecule has 0 fully saturated rings. The van der Waals surface area contributed by atoms with Crippen molar-refractivity contribution >= 4 is 28.8 Å². The zero-order valence-corrected chi connectivity index (χ0v) is 15.1. The summed E-state index contributed by atoms with van der Waals surface area (Å²) in [6.45, 7) is 0.218. The summed E-state index contributed by atoms with van der Waals surface area (Å²) in [5, 5.41) is 5.90. The summed E-state index contributed by atoms with van der Waals surface area (Å²) in [4.78, 5) is 14.7. The van der Waals surface area contributed by atoms with Crippen LogP contribution in [0.2, 0.25) is 5.02 Å². The molecule has 0 atom stereocenters. The van der Waals surface area contributed by atoms with E-state index < -0.39 is 23.3 Å². The Morgan fingerprint density at radius 1 is 1.31 bits per heavy atom. The quantitative estimate of drug-likeness (QED) is 0.627. The van der Waals surface area contributed by atoms with Crippen LogP contribution in [0, 0.1) is 0 Å². The number of benzene rings is 1. The molecule has 136 valence electrons.